The zero-order chi connectivity index (χ0) is 19.7. The van der Waals surface area contributed by atoms with E-state index in [4.69, 9.17) is 9.47 Å². The zero-order valence-corrected chi connectivity index (χ0v) is 16.5. The van der Waals surface area contributed by atoms with Crippen molar-refractivity contribution in [3.05, 3.63) is 42.1 Å². The highest BCUT2D eigenvalue weighted by Crippen LogP contribution is 2.28. The van der Waals surface area contributed by atoms with Crippen molar-refractivity contribution in [1.29, 1.82) is 0 Å². The van der Waals surface area contributed by atoms with Crippen LogP contribution >= 0.6 is 11.3 Å². The maximum absolute atomic E-state index is 12.4. The number of sulfone groups is 1. The van der Waals surface area contributed by atoms with Crippen LogP contribution in [-0.2, 0) is 14.6 Å². The van der Waals surface area contributed by atoms with Gasteiger partial charge in [0.25, 0.3) is 5.91 Å². The number of ether oxygens (including phenoxy) is 2. The number of hydrogen-bond acceptors (Lipinski definition) is 8. The van der Waals surface area contributed by atoms with E-state index < -0.39 is 9.84 Å². The van der Waals surface area contributed by atoms with Crippen LogP contribution in [0.5, 0.6) is 5.88 Å². The largest absolute Gasteiger partial charge is 0.472 e. The summed E-state index contributed by atoms with van der Waals surface area (Å²) in [7, 11) is -3.30. The Balaban J connectivity index is 1.46. The minimum atomic E-state index is -3.30. The molecule has 2 aromatic heterocycles. The highest BCUT2D eigenvalue weighted by atomic mass is 32.2. The molecule has 0 saturated carbocycles. The second-order valence-corrected chi connectivity index (χ2v) is 9.41. The van der Waals surface area contributed by atoms with Gasteiger partial charge in [-0.15, -0.1) is 0 Å². The summed E-state index contributed by atoms with van der Waals surface area (Å²) in [5.74, 6) is 0.0889. The molecule has 8 nitrogen and oxygen atoms in total. The Morgan fingerprint density at radius 3 is 2.86 bits per heavy atom. The van der Waals surface area contributed by atoms with Gasteiger partial charge in [-0.2, -0.15) is 0 Å². The Labute approximate surface area is 165 Å². The van der Waals surface area contributed by atoms with E-state index in [9.17, 15) is 13.2 Å². The first kappa shape index (κ1) is 18.8. The maximum atomic E-state index is 12.4. The van der Waals surface area contributed by atoms with E-state index in [2.05, 4.69) is 15.3 Å². The number of nitrogens with zero attached hydrogens (tertiary/aromatic N) is 2. The number of fused-ring (bicyclic) bond motifs is 1. The van der Waals surface area contributed by atoms with Gasteiger partial charge in [-0.3, -0.25) is 10.1 Å². The number of anilines is 1. The third-order valence-corrected chi connectivity index (χ3v) is 6.23. The minimum Gasteiger partial charge on any atom is -0.472 e. The molecule has 0 bridgehead atoms. The van der Waals surface area contributed by atoms with Crippen molar-refractivity contribution in [3.8, 4) is 5.88 Å². The van der Waals surface area contributed by atoms with E-state index in [1.165, 1.54) is 23.6 Å². The topological polar surface area (TPSA) is 107 Å². The van der Waals surface area contributed by atoms with Gasteiger partial charge >= 0.3 is 0 Å². The molecule has 1 aliphatic rings. The molecule has 1 fully saturated rings. The van der Waals surface area contributed by atoms with Crippen LogP contribution in [0.15, 0.2) is 41.4 Å². The van der Waals surface area contributed by atoms with Crippen molar-refractivity contribution in [1.82, 2.24) is 9.97 Å². The summed E-state index contributed by atoms with van der Waals surface area (Å²) < 4.78 is 35.0. The number of hydrogen-bond donors (Lipinski definition) is 1. The number of thiazole rings is 1. The summed E-state index contributed by atoms with van der Waals surface area (Å²) in [6, 6.07) is 7.95. The summed E-state index contributed by atoms with van der Waals surface area (Å²) in [5.41, 5.74) is 0.986. The van der Waals surface area contributed by atoms with Crippen molar-refractivity contribution < 1.29 is 22.7 Å². The van der Waals surface area contributed by atoms with Crippen LogP contribution in [0.1, 0.15) is 16.8 Å². The number of nitrogens with one attached hydrogen (secondary N) is 1. The second kappa shape index (κ2) is 7.46. The Morgan fingerprint density at radius 2 is 2.18 bits per heavy atom. The van der Waals surface area contributed by atoms with E-state index in [1.807, 2.05) is 0 Å². The van der Waals surface area contributed by atoms with Crippen LogP contribution < -0.4 is 10.1 Å². The molecule has 1 atom stereocenters. The first-order valence-corrected chi connectivity index (χ1v) is 11.2. The van der Waals surface area contributed by atoms with Gasteiger partial charge in [0, 0.05) is 24.9 Å². The van der Waals surface area contributed by atoms with E-state index in [0.717, 1.165) is 12.7 Å². The third-order valence-electron chi connectivity index (χ3n) is 4.18. The molecular weight excluding hydrogens is 402 g/mol. The molecule has 3 aromatic rings. The Bertz CT molecular complexity index is 1120. The molecule has 1 saturated heterocycles. The molecule has 1 N–H and O–H groups in total. The van der Waals surface area contributed by atoms with Crippen molar-refractivity contribution >= 4 is 42.4 Å². The Kier molecular flexibility index (Phi) is 5.00. The van der Waals surface area contributed by atoms with Gasteiger partial charge in [0.05, 0.1) is 33.9 Å². The number of benzene rings is 1. The van der Waals surface area contributed by atoms with Gasteiger partial charge in [0.2, 0.25) is 5.88 Å². The van der Waals surface area contributed by atoms with Crippen LogP contribution in [0.4, 0.5) is 5.13 Å². The van der Waals surface area contributed by atoms with Gasteiger partial charge in [0.1, 0.15) is 6.10 Å². The Morgan fingerprint density at radius 1 is 1.32 bits per heavy atom. The van der Waals surface area contributed by atoms with Crippen molar-refractivity contribution in [2.45, 2.75) is 17.4 Å². The fourth-order valence-corrected chi connectivity index (χ4v) is 4.34. The highest BCUT2D eigenvalue weighted by Gasteiger charge is 2.18. The number of amides is 1. The smallest absolute Gasteiger partial charge is 0.259 e. The lowest BCUT2D eigenvalue weighted by Crippen LogP contribution is -2.17. The number of pyridine rings is 1. The van der Waals surface area contributed by atoms with Gasteiger partial charge < -0.3 is 9.47 Å². The number of aromatic nitrogens is 2. The normalized spacial score (nSPS) is 17.0. The molecule has 0 spiro atoms. The minimum absolute atomic E-state index is 0.00764. The third kappa shape index (κ3) is 4.13. The molecule has 28 heavy (non-hydrogen) atoms. The molecule has 1 aliphatic heterocycles. The quantitative estimate of drug-likeness (QED) is 0.677. The fraction of sp³-hybridized carbons (Fsp3) is 0.278. The molecule has 146 valence electrons. The summed E-state index contributed by atoms with van der Waals surface area (Å²) in [4.78, 5) is 21.1. The van der Waals surface area contributed by atoms with Crippen molar-refractivity contribution in [2.75, 3.05) is 24.8 Å². The average Bonchev–Trinajstić information content (AvgIpc) is 3.29. The second-order valence-electron chi connectivity index (χ2n) is 6.36. The standard InChI is InChI=1S/C18H17N3O5S2/c1-28(23,24)13-3-4-14-15(8-13)27-18(20-14)21-17(22)11-2-5-16(19-9-11)26-12-6-7-25-10-12/h2-5,8-9,12H,6-7,10H2,1H3,(H,20,21,22). The molecule has 4 rings (SSSR count). The molecule has 10 heteroatoms. The van der Waals surface area contributed by atoms with Crippen molar-refractivity contribution in [2.24, 2.45) is 0 Å². The molecule has 0 radical (unpaired) electrons. The SMILES string of the molecule is CS(=O)(=O)c1ccc2nc(NC(=O)c3ccc(OC4CCOC4)nc3)sc2c1. The van der Waals surface area contributed by atoms with Gasteiger partial charge in [0.15, 0.2) is 15.0 Å². The summed E-state index contributed by atoms with van der Waals surface area (Å²) in [6.45, 7) is 1.22. The molecular formula is C18H17N3O5S2. The lowest BCUT2D eigenvalue weighted by atomic mass is 10.2. The fourth-order valence-electron chi connectivity index (χ4n) is 2.72. The molecule has 1 aromatic carbocycles. The molecule has 0 aliphatic carbocycles. The molecule has 3 heterocycles. The van der Waals surface area contributed by atoms with Gasteiger partial charge in [-0.25, -0.2) is 18.4 Å². The van der Waals surface area contributed by atoms with E-state index >= 15 is 0 Å². The molecule has 1 amide bonds. The van der Waals surface area contributed by atoms with Crippen LogP contribution in [0.25, 0.3) is 10.2 Å². The number of rotatable bonds is 5. The van der Waals surface area contributed by atoms with Gasteiger partial charge in [-0.05, 0) is 24.3 Å². The summed E-state index contributed by atoms with van der Waals surface area (Å²) >= 11 is 1.21. The lowest BCUT2D eigenvalue weighted by Gasteiger charge is -2.10. The van der Waals surface area contributed by atoms with E-state index in [-0.39, 0.29) is 16.9 Å². The lowest BCUT2D eigenvalue weighted by molar-refractivity contribution is 0.102. The summed E-state index contributed by atoms with van der Waals surface area (Å²) in [5, 5.41) is 3.10. The number of carbonyl (C=O) groups is 1. The van der Waals surface area contributed by atoms with Crippen LogP contribution in [0.3, 0.4) is 0 Å². The zero-order valence-electron chi connectivity index (χ0n) is 14.9. The van der Waals surface area contributed by atoms with E-state index in [1.54, 1.807) is 24.3 Å². The molecule has 1 unspecified atom stereocenters. The first-order chi connectivity index (χ1) is 13.4. The highest BCUT2D eigenvalue weighted by molar-refractivity contribution is 7.90. The maximum Gasteiger partial charge on any atom is 0.259 e. The monoisotopic (exact) mass is 419 g/mol. The Hall–Kier alpha value is -2.56. The van der Waals surface area contributed by atoms with Crippen LogP contribution in [0.2, 0.25) is 0 Å². The van der Waals surface area contributed by atoms with Gasteiger partial charge in [-0.1, -0.05) is 11.3 Å². The first-order valence-electron chi connectivity index (χ1n) is 8.51. The van der Waals surface area contributed by atoms with E-state index in [0.29, 0.717) is 40.0 Å². The van der Waals surface area contributed by atoms with Crippen molar-refractivity contribution in [3.63, 3.8) is 0 Å². The number of carbonyl (C=O) groups excluding carboxylic acids is 1. The van der Waals surface area contributed by atoms with Crippen LogP contribution in [0, 0.1) is 0 Å². The predicted octanol–water partition coefficient (Wildman–Crippen LogP) is 2.51. The average molecular weight is 419 g/mol. The predicted molar refractivity (Wildman–Crippen MR) is 105 cm³/mol. The van der Waals surface area contributed by atoms with Crippen LogP contribution in [-0.4, -0.2) is 49.9 Å². The summed E-state index contributed by atoms with van der Waals surface area (Å²) in [6.07, 6.45) is 3.41.